The average Bonchev–Trinajstić information content (AvgIpc) is 3.71. The van der Waals surface area contributed by atoms with E-state index in [1.807, 2.05) is 34.9 Å². The molecule has 0 radical (unpaired) electrons. The van der Waals surface area contributed by atoms with Gasteiger partial charge < -0.3 is 10.2 Å². The first kappa shape index (κ1) is 28.3. The molecule has 4 aromatic carbocycles. The lowest BCUT2D eigenvalue weighted by Gasteiger charge is -2.19. The fourth-order valence-corrected chi connectivity index (χ4v) is 9.47. The Balaban J connectivity index is 1.17. The Morgan fingerprint density at radius 1 is 1.07 bits per heavy atom. The maximum Gasteiger partial charge on any atom is 0.260 e. The third kappa shape index (κ3) is 5.20. The van der Waals surface area contributed by atoms with E-state index < -0.39 is 0 Å². The number of nitrogens with zero attached hydrogens (tertiary/aromatic N) is 2. The standard InChI is InChI=1S/C37H35N3S3/c1-5-25(20-35-40(7-3)37-30-14-9-8-11-26(30)15-17-33(37)43-35)19-34-39(6-2)31-21-29(16-18-32(31)42-34)38-22-27-12-10-13-28-23-41-24(4)36(27)28/h8-21,38H,3-7,22-23H2,1-2H3. The molecule has 0 saturated carbocycles. The molecule has 216 valence electrons. The Morgan fingerprint density at radius 3 is 2.79 bits per heavy atom. The van der Waals surface area contributed by atoms with Gasteiger partial charge in [0.2, 0.25) is 5.52 Å². The molecule has 2 aliphatic heterocycles. The molecule has 6 heteroatoms. The number of hydrogen-bond acceptors (Lipinski definition) is 5. The van der Waals surface area contributed by atoms with Gasteiger partial charge in [-0.2, -0.15) is 0 Å². The zero-order valence-corrected chi connectivity index (χ0v) is 27.1. The van der Waals surface area contributed by atoms with Crippen LogP contribution in [0.4, 0.5) is 11.4 Å². The number of thioether (sulfide) groups is 2. The number of aromatic nitrogens is 1. The minimum absolute atomic E-state index is 0.698. The average molecular weight is 618 g/mol. The van der Waals surface area contributed by atoms with Crippen molar-refractivity contribution >= 4 is 78.2 Å². The molecule has 0 saturated heterocycles. The lowest BCUT2D eigenvalue weighted by Crippen LogP contribution is -2.33. The molecule has 0 unspecified atom stereocenters. The molecule has 0 amide bonds. The predicted octanol–water partition coefficient (Wildman–Crippen LogP) is 10.3. The van der Waals surface area contributed by atoms with Gasteiger partial charge in [0.15, 0.2) is 0 Å². The van der Waals surface area contributed by atoms with E-state index in [4.69, 9.17) is 0 Å². The summed E-state index contributed by atoms with van der Waals surface area (Å²) in [5.41, 5.74) is 9.09. The normalized spacial score (nSPS) is 15.6. The van der Waals surface area contributed by atoms with Crippen LogP contribution in [-0.2, 0) is 18.8 Å². The molecule has 0 fully saturated rings. The van der Waals surface area contributed by atoms with Gasteiger partial charge in [-0.1, -0.05) is 79.1 Å². The number of fused-ring (bicyclic) bond motifs is 5. The van der Waals surface area contributed by atoms with Crippen molar-refractivity contribution in [3.05, 3.63) is 125 Å². The van der Waals surface area contributed by atoms with Gasteiger partial charge in [-0.15, -0.1) is 11.8 Å². The lowest BCUT2D eigenvalue weighted by molar-refractivity contribution is -0.658. The SMILES string of the molecule is C=C1SCc2cccc(CNc3ccc4c(c3)N(CC)/C(=C/C(=C/c3sc5ccc6ccccc6c5[n+]3C[CH2-])CC)S4)c21. The fourth-order valence-electron chi connectivity index (χ4n) is 6.12. The molecule has 3 heterocycles. The van der Waals surface area contributed by atoms with Gasteiger partial charge in [-0.3, -0.25) is 6.92 Å². The Bertz CT molecular complexity index is 1950. The molecule has 0 atom stereocenters. The molecular formula is C37H35N3S3. The summed E-state index contributed by atoms with van der Waals surface area (Å²) in [4.78, 5) is 4.94. The Labute approximate surface area is 267 Å². The molecular weight excluding hydrogens is 583 g/mol. The third-order valence-electron chi connectivity index (χ3n) is 8.31. The number of nitrogens with one attached hydrogen (secondary N) is 1. The van der Waals surface area contributed by atoms with Crippen molar-refractivity contribution in [1.29, 1.82) is 0 Å². The number of thiazole rings is 1. The second kappa shape index (κ2) is 11.9. The molecule has 0 aliphatic carbocycles. The van der Waals surface area contributed by atoms with Crippen molar-refractivity contribution < 1.29 is 4.57 Å². The number of rotatable bonds is 8. The van der Waals surface area contributed by atoms with Crippen LogP contribution in [0.5, 0.6) is 0 Å². The van der Waals surface area contributed by atoms with E-state index in [1.54, 1.807) is 0 Å². The van der Waals surface area contributed by atoms with Gasteiger partial charge in [0, 0.05) is 47.0 Å². The second-order valence-corrected chi connectivity index (χ2v) is 14.0. The largest absolute Gasteiger partial charge is 0.381 e. The first-order valence-electron chi connectivity index (χ1n) is 14.9. The van der Waals surface area contributed by atoms with Crippen LogP contribution >= 0.6 is 34.9 Å². The highest BCUT2D eigenvalue weighted by Gasteiger charge is 2.25. The highest BCUT2D eigenvalue weighted by molar-refractivity contribution is 8.08. The Hall–Kier alpha value is -3.45. The highest BCUT2D eigenvalue weighted by atomic mass is 32.2. The van der Waals surface area contributed by atoms with Crippen LogP contribution in [0.1, 0.15) is 42.0 Å². The summed E-state index contributed by atoms with van der Waals surface area (Å²) in [6.07, 6.45) is 5.71. The smallest absolute Gasteiger partial charge is 0.260 e. The molecule has 1 aromatic heterocycles. The summed E-state index contributed by atoms with van der Waals surface area (Å²) in [7, 11) is 0. The van der Waals surface area contributed by atoms with Crippen molar-refractivity contribution in [1.82, 2.24) is 0 Å². The van der Waals surface area contributed by atoms with Crippen molar-refractivity contribution in [2.75, 3.05) is 16.8 Å². The molecule has 0 spiro atoms. The number of hydrogen-bond donors (Lipinski definition) is 1. The zero-order chi connectivity index (χ0) is 29.5. The molecule has 0 bridgehead atoms. The maximum atomic E-state index is 4.30. The lowest BCUT2D eigenvalue weighted by atomic mass is 10.0. The summed E-state index contributed by atoms with van der Waals surface area (Å²) in [6, 6.07) is 26.5. The molecule has 1 N–H and O–H groups in total. The molecule has 5 aromatic rings. The quantitative estimate of drug-likeness (QED) is 0.138. The van der Waals surface area contributed by atoms with Crippen LogP contribution < -0.4 is 14.8 Å². The highest BCUT2D eigenvalue weighted by Crippen LogP contribution is 2.48. The van der Waals surface area contributed by atoms with Crippen LogP contribution in [0.25, 0.3) is 32.0 Å². The first-order valence-corrected chi connectivity index (χ1v) is 17.5. The number of anilines is 2. The summed E-state index contributed by atoms with van der Waals surface area (Å²) >= 11 is 5.57. The molecule has 7 rings (SSSR count). The van der Waals surface area contributed by atoms with E-state index in [1.165, 1.54) is 68.8 Å². The minimum atomic E-state index is 0.698. The van der Waals surface area contributed by atoms with Crippen molar-refractivity contribution in [3.8, 4) is 0 Å². The van der Waals surface area contributed by atoms with Crippen molar-refractivity contribution in [2.45, 2.75) is 44.0 Å². The van der Waals surface area contributed by atoms with Crippen LogP contribution in [0, 0.1) is 6.92 Å². The van der Waals surface area contributed by atoms with E-state index in [0.717, 1.165) is 31.0 Å². The molecule has 3 nitrogen and oxygen atoms in total. The summed E-state index contributed by atoms with van der Waals surface area (Å²) in [5.74, 6) is 1.03. The maximum absolute atomic E-state index is 4.30. The third-order valence-corrected chi connectivity index (χ3v) is 11.5. The first-order chi connectivity index (χ1) is 21.1. The van der Waals surface area contributed by atoms with Crippen molar-refractivity contribution in [3.63, 3.8) is 0 Å². The van der Waals surface area contributed by atoms with E-state index in [9.17, 15) is 0 Å². The van der Waals surface area contributed by atoms with E-state index in [2.05, 4.69) is 127 Å². The van der Waals surface area contributed by atoms with Gasteiger partial charge in [0.1, 0.15) is 4.70 Å². The van der Waals surface area contributed by atoms with E-state index >= 15 is 0 Å². The molecule has 43 heavy (non-hydrogen) atoms. The second-order valence-electron chi connectivity index (χ2n) is 10.8. The van der Waals surface area contributed by atoms with Crippen LogP contribution in [-0.4, -0.2) is 6.54 Å². The van der Waals surface area contributed by atoms with E-state index in [-0.39, 0.29) is 0 Å². The Kier molecular flexibility index (Phi) is 7.85. The number of allylic oxidation sites excluding steroid dienone is 2. The monoisotopic (exact) mass is 617 g/mol. The topological polar surface area (TPSA) is 19.1 Å². The van der Waals surface area contributed by atoms with E-state index in [0.29, 0.717) is 6.54 Å². The van der Waals surface area contributed by atoms with Crippen LogP contribution in [0.15, 0.2) is 101 Å². The fraction of sp³-hybridized carbons (Fsp3) is 0.189. The molecule has 2 aliphatic rings. The van der Waals surface area contributed by atoms with Gasteiger partial charge in [0.25, 0.3) is 5.01 Å². The summed E-state index contributed by atoms with van der Waals surface area (Å²) < 4.78 is 3.68. The van der Waals surface area contributed by atoms with Crippen LogP contribution in [0.2, 0.25) is 0 Å². The Morgan fingerprint density at radius 2 is 1.95 bits per heavy atom. The summed E-state index contributed by atoms with van der Waals surface area (Å²) in [5, 5.41) is 8.79. The predicted molar refractivity (Wildman–Crippen MR) is 191 cm³/mol. The van der Waals surface area contributed by atoms with Gasteiger partial charge in [-0.25, -0.2) is 4.57 Å². The van der Waals surface area contributed by atoms with Gasteiger partial charge >= 0.3 is 0 Å². The number of benzene rings is 4. The van der Waals surface area contributed by atoms with Gasteiger partial charge in [0.05, 0.1) is 16.1 Å². The zero-order valence-electron chi connectivity index (χ0n) is 24.7. The van der Waals surface area contributed by atoms with Crippen LogP contribution in [0.3, 0.4) is 0 Å². The summed E-state index contributed by atoms with van der Waals surface area (Å²) in [6.45, 7) is 15.5. The van der Waals surface area contributed by atoms with Gasteiger partial charge in [-0.05, 0) is 77.4 Å². The van der Waals surface area contributed by atoms with Crippen molar-refractivity contribution in [2.24, 2.45) is 0 Å². The minimum Gasteiger partial charge on any atom is -0.381 e.